The number of rotatable bonds is 4. The van der Waals surface area contributed by atoms with Crippen LogP contribution >= 0.6 is 0 Å². The van der Waals surface area contributed by atoms with Gasteiger partial charge in [0, 0.05) is 39.3 Å². The maximum Gasteiger partial charge on any atom is 0.317 e. The van der Waals surface area contributed by atoms with Gasteiger partial charge in [-0.15, -0.1) is 0 Å². The van der Waals surface area contributed by atoms with Crippen molar-refractivity contribution in [1.82, 2.24) is 15.1 Å². The zero-order valence-electron chi connectivity index (χ0n) is 11.4. The highest BCUT2D eigenvalue weighted by Crippen LogP contribution is 2.17. The second-order valence-electron chi connectivity index (χ2n) is 5.31. The highest BCUT2D eigenvalue weighted by atomic mass is 16.5. The molecule has 18 heavy (non-hydrogen) atoms. The fraction of sp³-hybridized carbons (Fsp3) is 0.923. The van der Waals surface area contributed by atoms with Gasteiger partial charge < -0.3 is 15.0 Å². The average molecular weight is 255 g/mol. The Morgan fingerprint density at radius 3 is 2.67 bits per heavy atom. The molecule has 0 aromatic heterocycles. The molecule has 0 aromatic carbocycles. The molecule has 1 heterocycles. The molecule has 2 aliphatic rings. The summed E-state index contributed by atoms with van der Waals surface area (Å²) in [6, 6.07) is 0.485. The highest BCUT2D eigenvalue weighted by molar-refractivity contribution is 5.74. The number of urea groups is 1. The van der Waals surface area contributed by atoms with E-state index in [0.29, 0.717) is 6.04 Å². The Morgan fingerprint density at radius 1 is 1.33 bits per heavy atom. The van der Waals surface area contributed by atoms with E-state index >= 15 is 0 Å². The van der Waals surface area contributed by atoms with Crippen LogP contribution in [0.4, 0.5) is 4.79 Å². The summed E-state index contributed by atoms with van der Waals surface area (Å²) in [4.78, 5) is 16.1. The molecule has 0 atom stereocenters. The van der Waals surface area contributed by atoms with Gasteiger partial charge in [0.05, 0.1) is 13.2 Å². The van der Waals surface area contributed by atoms with Crippen LogP contribution in [0, 0.1) is 0 Å². The van der Waals surface area contributed by atoms with Crippen molar-refractivity contribution in [3.63, 3.8) is 0 Å². The smallest absolute Gasteiger partial charge is 0.317 e. The van der Waals surface area contributed by atoms with Crippen LogP contribution in [-0.2, 0) is 4.74 Å². The zero-order chi connectivity index (χ0) is 12.8. The minimum absolute atomic E-state index is 0.0789. The number of amides is 2. The van der Waals surface area contributed by atoms with Gasteiger partial charge in [-0.2, -0.15) is 0 Å². The SMILES string of the molecule is CN(CCN1CCOCC1)C(=O)NC1CCCC1. The molecule has 5 nitrogen and oxygen atoms in total. The van der Waals surface area contributed by atoms with Gasteiger partial charge in [0.15, 0.2) is 0 Å². The van der Waals surface area contributed by atoms with Gasteiger partial charge >= 0.3 is 6.03 Å². The van der Waals surface area contributed by atoms with Crippen molar-refractivity contribution in [3.05, 3.63) is 0 Å². The minimum Gasteiger partial charge on any atom is -0.379 e. The molecule has 1 saturated heterocycles. The lowest BCUT2D eigenvalue weighted by Crippen LogP contribution is -2.46. The molecule has 0 radical (unpaired) electrons. The van der Waals surface area contributed by atoms with Gasteiger partial charge in [-0.3, -0.25) is 4.90 Å². The average Bonchev–Trinajstić information content (AvgIpc) is 2.90. The maximum absolute atomic E-state index is 11.9. The molecule has 104 valence electrons. The number of carbonyl (C=O) groups excluding carboxylic acids is 1. The number of hydrogen-bond donors (Lipinski definition) is 1. The molecule has 0 aromatic rings. The van der Waals surface area contributed by atoms with Crippen LogP contribution in [-0.4, -0.2) is 68.3 Å². The summed E-state index contributed by atoms with van der Waals surface area (Å²) in [6.45, 7) is 5.34. The van der Waals surface area contributed by atoms with Crippen molar-refractivity contribution in [2.75, 3.05) is 46.4 Å². The maximum atomic E-state index is 11.9. The van der Waals surface area contributed by atoms with Crippen LogP contribution in [0.1, 0.15) is 25.7 Å². The van der Waals surface area contributed by atoms with E-state index in [0.717, 1.165) is 52.2 Å². The Morgan fingerprint density at radius 2 is 2.00 bits per heavy atom. The summed E-state index contributed by atoms with van der Waals surface area (Å²) in [5.41, 5.74) is 0. The number of nitrogens with zero attached hydrogens (tertiary/aromatic N) is 2. The largest absolute Gasteiger partial charge is 0.379 e. The second kappa shape index (κ2) is 6.95. The van der Waals surface area contributed by atoms with Crippen molar-refractivity contribution in [1.29, 1.82) is 0 Å². The first-order valence-corrected chi connectivity index (χ1v) is 7.07. The molecule has 1 N–H and O–H groups in total. The fourth-order valence-corrected chi connectivity index (χ4v) is 2.57. The number of nitrogens with one attached hydrogen (secondary N) is 1. The van der Waals surface area contributed by atoms with Crippen LogP contribution in [0.3, 0.4) is 0 Å². The molecule has 0 unspecified atom stereocenters. The third kappa shape index (κ3) is 4.14. The number of hydrogen-bond acceptors (Lipinski definition) is 3. The van der Waals surface area contributed by atoms with Crippen LogP contribution in [0.2, 0.25) is 0 Å². The monoisotopic (exact) mass is 255 g/mol. The number of morpholine rings is 1. The molecule has 2 rings (SSSR count). The second-order valence-corrected chi connectivity index (χ2v) is 5.31. The molecular weight excluding hydrogens is 230 g/mol. The minimum atomic E-state index is 0.0789. The van der Waals surface area contributed by atoms with E-state index in [-0.39, 0.29) is 6.03 Å². The Labute approximate surface area is 109 Å². The molecule has 1 saturated carbocycles. The van der Waals surface area contributed by atoms with Gasteiger partial charge in [0.25, 0.3) is 0 Å². The molecule has 2 fully saturated rings. The Hall–Kier alpha value is -0.810. The first-order valence-electron chi connectivity index (χ1n) is 7.07. The first-order chi connectivity index (χ1) is 8.75. The van der Waals surface area contributed by atoms with Crippen molar-refractivity contribution >= 4 is 6.03 Å². The van der Waals surface area contributed by atoms with Gasteiger partial charge in [0.2, 0.25) is 0 Å². The summed E-state index contributed by atoms with van der Waals surface area (Å²) in [6.07, 6.45) is 4.79. The lowest BCUT2D eigenvalue weighted by molar-refractivity contribution is 0.0357. The van der Waals surface area contributed by atoms with Crippen molar-refractivity contribution in [2.45, 2.75) is 31.7 Å². The predicted octanol–water partition coefficient (Wildman–Crippen LogP) is 0.903. The van der Waals surface area contributed by atoms with Crippen molar-refractivity contribution < 1.29 is 9.53 Å². The summed E-state index contributed by atoms with van der Waals surface area (Å²) >= 11 is 0. The highest BCUT2D eigenvalue weighted by Gasteiger charge is 2.19. The Bertz CT molecular complexity index is 261. The molecule has 1 aliphatic carbocycles. The summed E-state index contributed by atoms with van der Waals surface area (Å²) in [7, 11) is 1.88. The van der Waals surface area contributed by atoms with E-state index in [1.165, 1.54) is 12.8 Å². The molecule has 2 amide bonds. The molecule has 0 bridgehead atoms. The number of likely N-dealkylation sites (N-methyl/N-ethyl adjacent to an activating group) is 1. The van der Waals surface area contributed by atoms with Gasteiger partial charge in [-0.05, 0) is 12.8 Å². The fourth-order valence-electron chi connectivity index (χ4n) is 2.57. The van der Waals surface area contributed by atoms with Gasteiger partial charge in [-0.25, -0.2) is 4.79 Å². The lowest BCUT2D eigenvalue weighted by Gasteiger charge is -2.29. The van der Waals surface area contributed by atoms with E-state index in [4.69, 9.17) is 4.74 Å². The Kier molecular flexibility index (Phi) is 5.26. The number of carbonyl (C=O) groups is 1. The molecule has 1 aliphatic heterocycles. The molecule has 0 spiro atoms. The summed E-state index contributed by atoms with van der Waals surface area (Å²) in [5.74, 6) is 0. The third-order valence-electron chi connectivity index (χ3n) is 3.88. The van der Waals surface area contributed by atoms with E-state index in [2.05, 4.69) is 10.2 Å². The molecule has 5 heteroatoms. The summed E-state index contributed by atoms with van der Waals surface area (Å²) in [5, 5.41) is 3.11. The van der Waals surface area contributed by atoms with Crippen molar-refractivity contribution in [2.24, 2.45) is 0 Å². The van der Waals surface area contributed by atoms with Crippen molar-refractivity contribution in [3.8, 4) is 0 Å². The molecular formula is C13H25N3O2. The normalized spacial score (nSPS) is 22.1. The van der Waals surface area contributed by atoms with E-state index in [9.17, 15) is 4.79 Å². The van der Waals surface area contributed by atoms with E-state index < -0.39 is 0 Å². The third-order valence-corrected chi connectivity index (χ3v) is 3.88. The standard InChI is InChI=1S/C13H25N3O2/c1-15(6-7-16-8-10-18-11-9-16)13(17)14-12-4-2-3-5-12/h12H,2-11H2,1H3,(H,14,17). The van der Waals surface area contributed by atoms with E-state index in [1.807, 2.05) is 7.05 Å². The topological polar surface area (TPSA) is 44.8 Å². The predicted molar refractivity (Wildman–Crippen MR) is 70.7 cm³/mol. The lowest BCUT2D eigenvalue weighted by atomic mass is 10.2. The first kappa shape index (κ1) is 13.6. The van der Waals surface area contributed by atoms with Gasteiger partial charge in [0.1, 0.15) is 0 Å². The summed E-state index contributed by atoms with van der Waals surface area (Å²) < 4.78 is 5.31. The van der Waals surface area contributed by atoms with E-state index in [1.54, 1.807) is 4.90 Å². The van der Waals surface area contributed by atoms with Crippen LogP contribution in [0.25, 0.3) is 0 Å². The van der Waals surface area contributed by atoms with Crippen LogP contribution in [0.15, 0.2) is 0 Å². The quantitative estimate of drug-likeness (QED) is 0.812. The number of ether oxygens (including phenoxy) is 1. The van der Waals surface area contributed by atoms with Crippen LogP contribution < -0.4 is 5.32 Å². The van der Waals surface area contributed by atoms with Crippen LogP contribution in [0.5, 0.6) is 0 Å². The van der Waals surface area contributed by atoms with Gasteiger partial charge in [-0.1, -0.05) is 12.8 Å². The zero-order valence-corrected chi connectivity index (χ0v) is 11.4. The Balaban J connectivity index is 1.63.